The Kier molecular flexibility index (Phi) is 4.12. The molecule has 0 aliphatic heterocycles. The second-order valence-electron chi connectivity index (χ2n) is 4.36. The van der Waals surface area contributed by atoms with E-state index in [9.17, 15) is 8.42 Å². The SMILES string of the molecule is [C-]#[N+][C@@H](c1ccccc1Cl)S(=O)(=O)c1ccc(C)cc1. The van der Waals surface area contributed by atoms with Gasteiger partial charge in [0.15, 0.2) is 0 Å². The van der Waals surface area contributed by atoms with Crippen LogP contribution in [0.3, 0.4) is 0 Å². The largest absolute Gasteiger partial charge is 0.351 e. The van der Waals surface area contributed by atoms with Crippen LogP contribution in [0.5, 0.6) is 0 Å². The minimum atomic E-state index is -3.78. The van der Waals surface area contributed by atoms with E-state index in [1.54, 1.807) is 36.4 Å². The summed E-state index contributed by atoms with van der Waals surface area (Å²) >= 11 is 6.01. The predicted octanol–water partition coefficient (Wildman–Crippen LogP) is 4.04. The van der Waals surface area contributed by atoms with Gasteiger partial charge in [-0.3, -0.25) is 4.85 Å². The lowest BCUT2D eigenvalue weighted by Gasteiger charge is -2.09. The number of benzene rings is 2. The van der Waals surface area contributed by atoms with Crippen molar-refractivity contribution in [1.82, 2.24) is 0 Å². The number of hydrogen-bond acceptors (Lipinski definition) is 2. The van der Waals surface area contributed by atoms with Crippen LogP contribution in [-0.2, 0) is 9.84 Å². The molecule has 1 atom stereocenters. The molecule has 0 aliphatic carbocycles. The van der Waals surface area contributed by atoms with Crippen molar-refractivity contribution in [2.45, 2.75) is 17.2 Å². The standard InChI is InChI=1S/C15H12ClNO2S/c1-11-7-9-12(10-8-11)20(18,19)15(17-2)13-5-3-4-6-14(13)16/h3-10,15H,1H3/t15-/m1/s1. The van der Waals surface area contributed by atoms with Gasteiger partial charge in [-0.15, -0.1) is 0 Å². The normalized spacial score (nSPS) is 12.7. The van der Waals surface area contributed by atoms with Crippen molar-refractivity contribution < 1.29 is 8.42 Å². The van der Waals surface area contributed by atoms with Crippen molar-refractivity contribution in [3.05, 3.63) is 76.1 Å². The third kappa shape index (κ3) is 2.69. The molecule has 0 saturated heterocycles. The number of nitrogens with zero attached hydrogens (tertiary/aromatic N) is 1. The Labute approximate surface area is 123 Å². The lowest BCUT2D eigenvalue weighted by atomic mass is 10.2. The van der Waals surface area contributed by atoms with E-state index in [1.165, 1.54) is 12.1 Å². The molecule has 0 saturated carbocycles. The maximum atomic E-state index is 12.6. The third-order valence-corrected chi connectivity index (χ3v) is 5.15. The molecule has 0 radical (unpaired) electrons. The zero-order valence-corrected chi connectivity index (χ0v) is 12.3. The van der Waals surface area contributed by atoms with Crippen LogP contribution in [0, 0.1) is 13.5 Å². The smallest absolute Gasteiger partial charge is 0.291 e. The zero-order valence-electron chi connectivity index (χ0n) is 10.7. The topological polar surface area (TPSA) is 38.5 Å². The van der Waals surface area contributed by atoms with Crippen molar-refractivity contribution in [3.8, 4) is 0 Å². The first-order valence-corrected chi connectivity index (χ1v) is 7.81. The van der Waals surface area contributed by atoms with Crippen LogP contribution in [0.1, 0.15) is 16.5 Å². The fraction of sp³-hybridized carbons (Fsp3) is 0.133. The summed E-state index contributed by atoms with van der Waals surface area (Å²) in [6.45, 7) is 9.10. The van der Waals surface area contributed by atoms with Gasteiger partial charge in [-0.1, -0.05) is 41.4 Å². The van der Waals surface area contributed by atoms with Gasteiger partial charge < -0.3 is 0 Å². The Hall–Kier alpha value is -1.83. The van der Waals surface area contributed by atoms with E-state index in [4.69, 9.17) is 18.2 Å². The third-order valence-electron chi connectivity index (χ3n) is 2.93. The van der Waals surface area contributed by atoms with E-state index in [0.717, 1.165) is 5.56 Å². The van der Waals surface area contributed by atoms with Crippen LogP contribution in [-0.4, -0.2) is 8.42 Å². The summed E-state index contributed by atoms with van der Waals surface area (Å²) in [5.41, 5.74) is 1.27. The van der Waals surface area contributed by atoms with Crippen molar-refractivity contribution in [3.63, 3.8) is 0 Å². The quantitative estimate of drug-likeness (QED) is 0.803. The van der Waals surface area contributed by atoms with Crippen LogP contribution < -0.4 is 0 Å². The van der Waals surface area contributed by atoms with E-state index < -0.39 is 15.2 Å². The fourth-order valence-electron chi connectivity index (χ4n) is 1.84. The summed E-state index contributed by atoms with van der Waals surface area (Å²) in [4.78, 5) is 3.40. The van der Waals surface area contributed by atoms with E-state index in [-0.39, 0.29) is 9.92 Å². The van der Waals surface area contributed by atoms with Crippen LogP contribution in [0.25, 0.3) is 4.85 Å². The van der Waals surface area contributed by atoms with E-state index in [2.05, 4.69) is 4.85 Å². The molecule has 20 heavy (non-hydrogen) atoms. The van der Waals surface area contributed by atoms with Gasteiger partial charge in [0.2, 0.25) is 0 Å². The molecule has 3 nitrogen and oxygen atoms in total. The number of hydrogen-bond donors (Lipinski definition) is 0. The van der Waals surface area contributed by atoms with Crippen molar-refractivity contribution in [1.29, 1.82) is 0 Å². The van der Waals surface area contributed by atoms with Gasteiger partial charge in [0.05, 0.1) is 15.5 Å². The van der Waals surface area contributed by atoms with Gasteiger partial charge in [0, 0.05) is 0 Å². The summed E-state index contributed by atoms with van der Waals surface area (Å²) in [6, 6.07) is 13.0. The molecule has 0 aromatic heterocycles. The highest BCUT2D eigenvalue weighted by Gasteiger charge is 2.35. The molecule has 0 amide bonds. The highest BCUT2D eigenvalue weighted by molar-refractivity contribution is 7.91. The molecule has 2 aromatic carbocycles. The van der Waals surface area contributed by atoms with Crippen LogP contribution in [0.2, 0.25) is 5.02 Å². The second-order valence-corrected chi connectivity index (χ2v) is 6.78. The van der Waals surface area contributed by atoms with Crippen LogP contribution >= 0.6 is 11.6 Å². The summed E-state index contributed by atoms with van der Waals surface area (Å²) in [7, 11) is -3.78. The molecule has 0 bridgehead atoms. The van der Waals surface area contributed by atoms with Crippen molar-refractivity contribution >= 4 is 21.4 Å². The van der Waals surface area contributed by atoms with Gasteiger partial charge in [-0.25, -0.2) is 15.0 Å². The molecule has 0 fully saturated rings. The average Bonchev–Trinajstić information content (AvgIpc) is 2.42. The van der Waals surface area contributed by atoms with Crippen LogP contribution in [0.15, 0.2) is 53.4 Å². The molecule has 0 N–H and O–H groups in total. The Morgan fingerprint density at radius 1 is 1.10 bits per heavy atom. The van der Waals surface area contributed by atoms with Gasteiger partial charge in [-0.05, 0) is 31.2 Å². The van der Waals surface area contributed by atoms with Gasteiger partial charge >= 0.3 is 5.37 Å². The van der Waals surface area contributed by atoms with E-state index >= 15 is 0 Å². The molecule has 0 spiro atoms. The Morgan fingerprint density at radius 2 is 1.70 bits per heavy atom. The maximum absolute atomic E-state index is 12.6. The first-order valence-electron chi connectivity index (χ1n) is 5.88. The Balaban J connectivity index is 2.55. The molecular formula is C15H12ClNO2S. The zero-order chi connectivity index (χ0) is 14.8. The first kappa shape index (κ1) is 14.6. The van der Waals surface area contributed by atoms with Crippen LogP contribution in [0.4, 0.5) is 0 Å². The highest BCUT2D eigenvalue weighted by Crippen LogP contribution is 2.34. The van der Waals surface area contributed by atoms with E-state index in [1.807, 2.05) is 6.92 Å². The summed E-state index contributed by atoms with van der Waals surface area (Å²) in [5, 5.41) is -1.04. The van der Waals surface area contributed by atoms with Gasteiger partial charge in [0.25, 0.3) is 9.84 Å². The summed E-state index contributed by atoms with van der Waals surface area (Å²) in [6.07, 6.45) is 0. The fourth-order valence-corrected chi connectivity index (χ4v) is 3.59. The molecule has 2 aromatic rings. The minimum Gasteiger partial charge on any atom is -0.291 e. The first-order chi connectivity index (χ1) is 9.46. The Morgan fingerprint density at radius 3 is 2.25 bits per heavy atom. The van der Waals surface area contributed by atoms with Crippen molar-refractivity contribution in [2.75, 3.05) is 0 Å². The van der Waals surface area contributed by atoms with Gasteiger partial charge in [0.1, 0.15) is 0 Å². The number of aryl methyl sites for hydroxylation is 1. The second kappa shape index (κ2) is 5.66. The number of halogens is 1. The van der Waals surface area contributed by atoms with E-state index in [0.29, 0.717) is 5.56 Å². The Bertz CT molecular complexity index is 761. The number of sulfone groups is 1. The average molecular weight is 306 g/mol. The minimum absolute atomic E-state index is 0.129. The molecule has 0 heterocycles. The lowest BCUT2D eigenvalue weighted by molar-refractivity contribution is 0.590. The summed E-state index contributed by atoms with van der Waals surface area (Å²) in [5.74, 6) is 0. The molecular weight excluding hydrogens is 294 g/mol. The van der Waals surface area contributed by atoms with Crippen molar-refractivity contribution in [2.24, 2.45) is 0 Å². The highest BCUT2D eigenvalue weighted by atomic mass is 35.5. The molecule has 0 unspecified atom stereocenters. The molecule has 2 rings (SSSR count). The molecule has 102 valence electrons. The molecule has 5 heteroatoms. The molecule has 0 aliphatic rings. The number of rotatable bonds is 3. The van der Waals surface area contributed by atoms with Gasteiger partial charge in [-0.2, -0.15) is 0 Å². The maximum Gasteiger partial charge on any atom is 0.351 e. The summed E-state index contributed by atoms with van der Waals surface area (Å²) < 4.78 is 25.1. The predicted molar refractivity (Wildman–Crippen MR) is 79.2 cm³/mol. The lowest BCUT2D eigenvalue weighted by Crippen LogP contribution is -2.11. The monoisotopic (exact) mass is 305 g/mol.